The van der Waals surface area contributed by atoms with E-state index >= 15 is 0 Å². The lowest BCUT2D eigenvalue weighted by Crippen LogP contribution is -2.32. The van der Waals surface area contributed by atoms with Crippen LogP contribution in [0.15, 0.2) is 17.6 Å². The van der Waals surface area contributed by atoms with Crippen LogP contribution in [0.1, 0.15) is 58.1 Å². The summed E-state index contributed by atoms with van der Waals surface area (Å²) < 4.78 is 0. The molecule has 0 aliphatic carbocycles. The zero-order valence-corrected chi connectivity index (χ0v) is 15.5. The first-order chi connectivity index (χ1) is 12.0. The molecular weight excluding hydrogens is 336 g/mol. The molecule has 1 fully saturated rings. The third kappa shape index (κ3) is 3.87. The first-order valence-corrected chi connectivity index (χ1v) is 9.26. The van der Waals surface area contributed by atoms with Crippen LogP contribution in [0.4, 0.5) is 0 Å². The van der Waals surface area contributed by atoms with Gasteiger partial charge in [-0.15, -0.1) is 11.3 Å². The van der Waals surface area contributed by atoms with Gasteiger partial charge in [-0.3, -0.25) is 9.59 Å². The van der Waals surface area contributed by atoms with Crippen molar-refractivity contribution in [3.8, 4) is 0 Å². The molecule has 0 radical (unpaired) electrons. The molecule has 0 aromatic carbocycles. The van der Waals surface area contributed by atoms with Crippen molar-refractivity contribution in [3.05, 3.63) is 45.2 Å². The van der Waals surface area contributed by atoms with Crippen LogP contribution < -0.4 is 5.32 Å². The van der Waals surface area contributed by atoms with Crippen LogP contribution in [0.5, 0.6) is 0 Å². The van der Waals surface area contributed by atoms with Crippen LogP contribution in [-0.4, -0.2) is 33.2 Å². The van der Waals surface area contributed by atoms with Gasteiger partial charge in [0.15, 0.2) is 0 Å². The highest BCUT2D eigenvalue weighted by molar-refractivity contribution is 7.12. The molecule has 1 saturated heterocycles. The molecule has 2 amide bonds. The number of aryl methyl sites for hydroxylation is 2. The third-order valence-corrected chi connectivity index (χ3v) is 5.35. The molecule has 2 aromatic rings. The zero-order valence-electron chi connectivity index (χ0n) is 14.7. The van der Waals surface area contributed by atoms with Gasteiger partial charge in [-0.05, 0) is 43.7 Å². The van der Waals surface area contributed by atoms with Crippen LogP contribution in [0.3, 0.4) is 0 Å². The lowest BCUT2D eigenvalue weighted by molar-refractivity contribution is -0.119. The van der Waals surface area contributed by atoms with Crippen molar-refractivity contribution < 1.29 is 9.59 Å². The highest BCUT2D eigenvalue weighted by atomic mass is 32.1. The second-order valence-electron chi connectivity index (χ2n) is 6.38. The summed E-state index contributed by atoms with van der Waals surface area (Å²) in [4.78, 5) is 35.7. The summed E-state index contributed by atoms with van der Waals surface area (Å²) in [5.74, 6) is 0.634. The number of amides is 2. The van der Waals surface area contributed by atoms with E-state index in [4.69, 9.17) is 0 Å². The van der Waals surface area contributed by atoms with E-state index in [1.165, 1.54) is 18.3 Å². The fraction of sp³-hybridized carbons (Fsp3) is 0.444. The second-order valence-corrected chi connectivity index (χ2v) is 7.29. The Morgan fingerprint density at radius 1 is 1.40 bits per heavy atom. The average molecular weight is 358 g/mol. The molecule has 2 aromatic heterocycles. The standard InChI is InChI=1S/C18H22N4O2S/c1-11-7-16(25-10-11)18(24)22-6-4-5-15(22)17-14(9-20-13(3)23)8-19-12(2)21-17/h7-8,10,15H,4-6,9H2,1-3H3,(H,20,23). The minimum Gasteiger partial charge on any atom is -0.352 e. The number of nitrogens with one attached hydrogen (secondary N) is 1. The first kappa shape index (κ1) is 17.5. The predicted molar refractivity (Wildman–Crippen MR) is 96.4 cm³/mol. The number of rotatable bonds is 4. The summed E-state index contributed by atoms with van der Waals surface area (Å²) in [6, 6.07) is 1.87. The Bertz CT molecular complexity index is 802. The van der Waals surface area contributed by atoms with Crippen molar-refractivity contribution in [3.63, 3.8) is 0 Å². The molecule has 0 saturated carbocycles. The molecule has 1 aliphatic rings. The Morgan fingerprint density at radius 3 is 2.88 bits per heavy atom. The van der Waals surface area contributed by atoms with Crippen molar-refractivity contribution in [2.75, 3.05) is 6.54 Å². The lowest BCUT2D eigenvalue weighted by atomic mass is 10.1. The molecule has 1 atom stereocenters. The maximum atomic E-state index is 12.9. The minimum atomic E-state index is -0.0973. The topological polar surface area (TPSA) is 75.2 Å². The van der Waals surface area contributed by atoms with Crippen molar-refractivity contribution in [2.45, 2.75) is 46.2 Å². The molecule has 1 unspecified atom stereocenters. The van der Waals surface area contributed by atoms with Crippen molar-refractivity contribution in [1.29, 1.82) is 0 Å². The van der Waals surface area contributed by atoms with Crippen molar-refractivity contribution in [2.24, 2.45) is 0 Å². The number of aromatic nitrogens is 2. The van der Waals surface area contributed by atoms with E-state index in [-0.39, 0.29) is 17.9 Å². The predicted octanol–water partition coefficient (Wildman–Crippen LogP) is 2.77. The van der Waals surface area contributed by atoms with Crippen LogP contribution >= 0.6 is 11.3 Å². The summed E-state index contributed by atoms with van der Waals surface area (Å²) in [6.45, 7) is 6.42. The van der Waals surface area contributed by atoms with Gasteiger partial charge in [-0.1, -0.05) is 0 Å². The van der Waals surface area contributed by atoms with E-state index in [9.17, 15) is 9.59 Å². The molecule has 3 rings (SSSR count). The van der Waals surface area contributed by atoms with Crippen LogP contribution in [0, 0.1) is 13.8 Å². The van der Waals surface area contributed by atoms with Gasteiger partial charge in [0, 0.05) is 31.8 Å². The highest BCUT2D eigenvalue weighted by Crippen LogP contribution is 2.34. The smallest absolute Gasteiger partial charge is 0.264 e. The van der Waals surface area contributed by atoms with Gasteiger partial charge >= 0.3 is 0 Å². The molecule has 132 valence electrons. The number of carbonyl (C=O) groups is 2. The van der Waals surface area contributed by atoms with Gasteiger partial charge in [0.25, 0.3) is 5.91 Å². The van der Waals surface area contributed by atoms with Gasteiger partial charge in [0.05, 0.1) is 16.6 Å². The second kappa shape index (κ2) is 7.31. The van der Waals surface area contributed by atoms with E-state index in [1.807, 2.05) is 30.2 Å². The Hall–Kier alpha value is -2.28. The average Bonchev–Trinajstić information content (AvgIpc) is 3.21. The number of hydrogen-bond acceptors (Lipinski definition) is 5. The number of thiophene rings is 1. The van der Waals surface area contributed by atoms with E-state index in [1.54, 1.807) is 6.20 Å². The summed E-state index contributed by atoms with van der Waals surface area (Å²) in [5, 5.41) is 4.80. The number of hydrogen-bond donors (Lipinski definition) is 1. The van der Waals surface area contributed by atoms with E-state index in [0.717, 1.165) is 41.1 Å². The number of carbonyl (C=O) groups excluding carboxylic acids is 2. The molecule has 1 N–H and O–H groups in total. The maximum absolute atomic E-state index is 12.9. The molecule has 25 heavy (non-hydrogen) atoms. The van der Waals surface area contributed by atoms with Crippen LogP contribution in [-0.2, 0) is 11.3 Å². The summed E-state index contributed by atoms with van der Waals surface area (Å²) >= 11 is 1.48. The van der Waals surface area contributed by atoms with E-state index < -0.39 is 0 Å². The molecular formula is C18H22N4O2S. The fourth-order valence-corrected chi connectivity index (χ4v) is 3.99. The van der Waals surface area contributed by atoms with Gasteiger partial charge in [-0.2, -0.15) is 0 Å². The highest BCUT2D eigenvalue weighted by Gasteiger charge is 2.33. The molecule has 0 spiro atoms. The maximum Gasteiger partial charge on any atom is 0.264 e. The van der Waals surface area contributed by atoms with Gasteiger partial charge in [0.1, 0.15) is 5.82 Å². The Morgan fingerprint density at radius 2 is 2.20 bits per heavy atom. The summed E-state index contributed by atoms with van der Waals surface area (Å²) in [5.41, 5.74) is 2.82. The minimum absolute atomic E-state index is 0.0577. The summed E-state index contributed by atoms with van der Waals surface area (Å²) in [7, 11) is 0. The van der Waals surface area contributed by atoms with Gasteiger partial charge in [0.2, 0.25) is 5.91 Å². The van der Waals surface area contributed by atoms with Crippen molar-refractivity contribution in [1.82, 2.24) is 20.2 Å². The molecule has 7 heteroatoms. The first-order valence-electron chi connectivity index (χ1n) is 8.38. The summed E-state index contributed by atoms with van der Waals surface area (Å²) in [6.07, 6.45) is 3.58. The van der Waals surface area contributed by atoms with Gasteiger partial charge < -0.3 is 10.2 Å². The third-order valence-electron chi connectivity index (χ3n) is 4.32. The molecule has 0 bridgehead atoms. The van der Waals surface area contributed by atoms with Crippen LogP contribution in [0.2, 0.25) is 0 Å². The SMILES string of the molecule is CC(=O)NCc1cnc(C)nc1C1CCCN1C(=O)c1cc(C)cs1. The monoisotopic (exact) mass is 358 g/mol. The normalized spacial score (nSPS) is 16.9. The van der Waals surface area contributed by atoms with Crippen molar-refractivity contribution >= 4 is 23.2 Å². The molecule has 6 nitrogen and oxygen atoms in total. The fourth-order valence-electron chi connectivity index (χ4n) is 3.14. The quantitative estimate of drug-likeness (QED) is 0.912. The lowest BCUT2D eigenvalue weighted by Gasteiger charge is -2.25. The molecule has 3 heterocycles. The Balaban J connectivity index is 1.90. The molecule has 1 aliphatic heterocycles. The number of nitrogens with zero attached hydrogens (tertiary/aromatic N) is 3. The van der Waals surface area contributed by atoms with Crippen LogP contribution in [0.25, 0.3) is 0 Å². The van der Waals surface area contributed by atoms with E-state index in [2.05, 4.69) is 15.3 Å². The largest absolute Gasteiger partial charge is 0.352 e. The Kier molecular flexibility index (Phi) is 5.13. The zero-order chi connectivity index (χ0) is 18.0. The van der Waals surface area contributed by atoms with E-state index in [0.29, 0.717) is 12.4 Å². The number of likely N-dealkylation sites (tertiary alicyclic amines) is 1. The van der Waals surface area contributed by atoms with Gasteiger partial charge in [-0.25, -0.2) is 9.97 Å². The Labute approximate surface area is 151 Å².